The molecule has 0 bridgehead atoms. The summed E-state index contributed by atoms with van der Waals surface area (Å²) in [6.45, 7) is -0.810. The third kappa shape index (κ3) is 4.43. The number of carbonyl (C=O) groups is 2. The van der Waals surface area contributed by atoms with Crippen LogP contribution in [0.15, 0.2) is 24.3 Å². The minimum atomic E-state index is -4.48. The highest BCUT2D eigenvalue weighted by Gasteiger charge is 2.30. The molecule has 0 aliphatic heterocycles. The molecule has 1 atom stereocenters. The fourth-order valence-electron chi connectivity index (χ4n) is 1.25. The van der Waals surface area contributed by atoms with Crippen molar-refractivity contribution in [2.45, 2.75) is 12.2 Å². The number of halogens is 3. The van der Waals surface area contributed by atoms with E-state index in [0.717, 1.165) is 24.3 Å². The minimum absolute atomic E-state index is 0.0533. The lowest BCUT2D eigenvalue weighted by Crippen LogP contribution is -2.45. The largest absolute Gasteiger partial charge is 0.480 e. The molecule has 4 N–H and O–H groups in total. The summed E-state index contributed by atoms with van der Waals surface area (Å²) in [6.07, 6.45) is -4.48. The van der Waals surface area contributed by atoms with E-state index in [1.165, 1.54) is 0 Å². The van der Waals surface area contributed by atoms with Gasteiger partial charge in [-0.2, -0.15) is 13.2 Å². The van der Waals surface area contributed by atoms with Gasteiger partial charge in [0, 0.05) is 5.69 Å². The predicted molar refractivity (Wildman–Crippen MR) is 62.1 cm³/mol. The first-order chi connectivity index (χ1) is 9.24. The average molecular weight is 292 g/mol. The van der Waals surface area contributed by atoms with Gasteiger partial charge in [0.25, 0.3) is 0 Å². The minimum Gasteiger partial charge on any atom is -0.480 e. The second-order valence-electron chi connectivity index (χ2n) is 3.75. The van der Waals surface area contributed by atoms with Crippen LogP contribution in [0.3, 0.4) is 0 Å². The van der Waals surface area contributed by atoms with Gasteiger partial charge in [0.2, 0.25) is 0 Å². The van der Waals surface area contributed by atoms with Gasteiger partial charge in [0.15, 0.2) is 6.04 Å². The van der Waals surface area contributed by atoms with Crippen LogP contribution in [0, 0.1) is 0 Å². The highest BCUT2D eigenvalue weighted by molar-refractivity contribution is 5.92. The van der Waals surface area contributed by atoms with Gasteiger partial charge in [-0.3, -0.25) is 0 Å². The van der Waals surface area contributed by atoms with Crippen molar-refractivity contribution in [1.29, 1.82) is 0 Å². The molecule has 1 rings (SSSR count). The van der Waals surface area contributed by atoms with E-state index in [9.17, 15) is 22.8 Å². The van der Waals surface area contributed by atoms with Gasteiger partial charge in [0.1, 0.15) is 0 Å². The van der Waals surface area contributed by atoms with Crippen LogP contribution in [0.25, 0.3) is 0 Å². The molecule has 0 aliphatic carbocycles. The Morgan fingerprint density at radius 2 is 1.75 bits per heavy atom. The first kappa shape index (κ1) is 15.8. The molecule has 9 heteroatoms. The maximum Gasteiger partial charge on any atom is 0.416 e. The summed E-state index contributed by atoms with van der Waals surface area (Å²) in [6, 6.07) is 1.15. The Balaban J connectivity index is 2.65. The fraction of sp³-hybridized carbons (Fsp3) is 0.273. The molecule has 6 nitrogen and oxygen atoms in total. The molecule has 1 aromatic carbocycles. The van der Waals surface area contributed by atoms with E-state index in [-0.39, 0.29) is 5.69 Å². The Morgan fingerprint density at radius 3 is 2.15 bits per heavy atom. The molecule has 20 heavy (non-hydrogen) atoms. The number of rotatable bonds is 4. The van der Waals surface area contributed by atoms with Crippen molar-refractivity contribution in [3.63, 3.8) is 0 Å². The van der Waals surface area contributed by atoms with E-state index >= 15 is 0 Å². The lowest BCUT2D eigenvalue weighted by atomic mass is 10.2. The van der Waals surface area contributed by atoms with Crippen molar-refractivity contribution in [2.24, 2.45) is 0 Å². The maximum atomic E-state index is 12.3. The number of carbonyl (C=O) groups excluding carboxylic acids is 1. The molecule has 0 aliphatic rings. The molecule has 0 heterocycles. The summed E-state index contributed by atoms with van der Waals surface area (Å²) in [5.41, 5.74) is -0.820. The molecule has 0 aromatic heterocycles. The average Bonchev–Trinajstić information content (AvgIpc) is 2.35. The maximum absolute atomic E-state index is 12.3. The highest BCUT2D eigenvalue weighted by Crippen LogP contribution is 2.29. The molecule has 0 spiro atoms. The van der Waals surface area contributed by atoms with Gasteiger partial charge >= 0.3 is 18.2 Å². The third-order valence-electron chi connectivity index (χ3n) is 2.26. The number of carboxylic acids is 1. The summed E-state index contributed by atoms with van der Waals surface area (Å²) >= 11 is 0. The number of nitrogens with one attached hydrogen (secondary N) is 2. The van der Waals surface area contributed by atoms with Crippen LogP contribution >= 0.6 is 0 Å². The van der Waals surface area contributed by atoms with Gasteiger partial charge in [-0.15, -0.1) is 0 Å². The molecule has 110 valence electrons. The number of benzene rings is 1. The van der Waals surface area contributed by atoms with E-state index in [2.05, 4.69) is 5.32 Å². The standard InChI is InChI=1S/C11H11F3N2O4/c12-11(13,14)6-1-3-7(4-2-6)15-10(20)16-8(5-17)9(18)19/h1-4,8,17H,5H2,(H,18,19)(H2,15,16,20). The third-order valence-corrected chi connectivity index (χ3v) is 2.26. The number of anilines is 1. The first-order valence-electron chi connectivity index (χ1n) is 5.32. The van der Waals surface area contributed by atoms with Crippen molar-refractivity contribution in [3.8, 4) is 0 Å². The topological polar surface area (TPSA) is 98.7 Å². The molecule has 1 aromatic rings. The smallest absolute Gasteiger partial charge is 0.416 e. The Bertz CT molecular complexity index is 487. The second kappa shape index (κ2) is 6.24. The fourth-order valence-corrected chi connectivity index (χ4v) is 1.25. The van der Waals surface area contributed by atoms with Crippen molar-refractivity contribution in [2.75, 3.05) is 11.9 Å². The number of alkyl halides is 3. The van der Waals surface area contributed by atoms with Crippen molar-refractivity contribution in [1.82, 2.24) is 5.32 Å². The summed E-state index contributed by atoms with van der Waals surface area (Å²) < 4.78 is 36.9. The molecule has 0 saturated heterocycles. The number of hydrogen-bond donors (Lipinski definition) is 4. The van der Waals surface area contributed by atoms with Crippen LogP contribution in [-0.4, -0.2) is 34.9 Å². The monoisotopic (exact) mass is 292 g/mol. The van der Waals surface area contributed by atoms with Crippen LogP contribution in [-0.2, 0) is 11.0 Å². The molecule has 1 unspecified atom stereocenters. The Hall–Kier alpha value is -2.29. The summed E-state index contributed by atoms with van der Waals surface area (Å²) in [5.74, 6) is -1.44. The van der Waals surface area contributed by atoms with Gasteiger partial charge < -0.3 is 20.8 Å². The zero-order chi connectivity index (χ0) is 15.3. The Labute approximate surface area is 111 Å². The van der Waals surface area contributed by atoms with Crippen molar-refractivity contribution < 1.29 is 33.0 Å². The molecular weight excluding hydrogens is 281 g/mol. The first-order valence-corrected chi connectivity index (χ1v) is 5.32. The number of carboxylic acid groups (broad SMARTS) is 1. The zero-order valence-corrected chi connectivity index (χ0v) is 9.94. The molecule has 0 radical (unpaired) electrons. The normalized spacial score (nSPS) is 12.6. The van der Waals surface area contributed by atoms with Crippen LogP contribution < -0.4 is 10.6 Å². The second-order valence-corrected chi connectivity index (χ2v) is 3.75. The SMILES string of the molecule is O=C(Nc1ccc(C(F)(F)F)cc1)NC(CO)C(=O)O. The zero-order valence-electron chi connectivity index (χ0n) is 9.94. The van der Waals surface area contributed by atoms with E-state index < -0.39 is 36.4 Å². The van der Waals surface area contributed by atoms with Gasteiger partial charge in [-0.05, 0) is 24.3 Å². The summed E-state index contributed by atoms with van der Waals surface area (Å²) in [4.78, 5) is 21.9. The van der Waals surface area contributed by atoms with Crippen molar-refractivity contribution in [3.05, 3.63) is 29.8 Å². The quantitative estimate of drug-likeness (QED) is 0.671. The van der Waals surface area contributed by atoms with Gasteiger partial charge in [-0.1, -0.05) is 0 Å². The lowest BCUT2D eigenvalue weighted by Gasteiger charge is -2.13. The number of aliphatic hydroxyl groups excluding tert-OH is 1. The summed E-state index contributed by atoms with van der Waals surface area (Å²) in [5, 5.41) is 21.4. The van der Waals surface area contributed by atoms with E-state index in [1.54, 1.807) is 0 Å². The molecule has 0 fully saturated rings. The van der Waals surface area contributed by atoms with Crippen LogP contribution in [0.4, 0.5) is 23.7 Å². The lowest BCUT2D eigenvalue weighted by molar-refractivity contribution is -0.140. The van der Waals surface area contributed by atoms with E-state index in [1.807, 2.05) is 5.32 Å². The number of urea groups is 1. The molecule has 0 saturated carbocycles. The number of amides is 2. The summed E-state index contributed by atoms with van der Waals surface area (Å²) in [7, 11) is 0. The van der Waals surface area contributed by atoms with Gasteiger partial charge in [0.05, 0.1) is 12.2 Å². The predicted octanol–water partition coefficient (Wildman–Crippen LogP) is 1.27. The van der Waals surface area contributed by atoms with Crippen LogP contribution in [0.5, 0.6) is 0 Å². The number of aliphatic hydroxyl groups is 1. The van der Waals surface area contributed by atoms with Crippen molar-refractivity contribution >= 4 is 17.7 Å². The Kier molecular flexibility index (Phi) is 4.92. The van der Waals surface area contributed by atoms with Crippen LogP contribution in [0.2, 0.25) is 0 Å². The molecular formula is C11H11F3N2O4. The van der Waals surface area contributed by atoms with Gasteiger partial charge in [-0.25, -0.2) is 9.59 Å². The molecule has 2 amide bonds. The number of hydrogen-bond acceptors (Lipinski definition) is 3. The Morgan fingerprint density at radius 1 is 1.20 bits per heavy atom. The highest BCUT2D eigenvalue weighted by atomic mass is 19.4. The van der Waals surface area contributed by atoms with Crippen LogP contribution in [0.1, 0.15) is 5.56 Å². The number of aliphatic carboxylic acids is 1. The van der Waals surface area contributed by atoms with E-state index in [0.29, 0.717) is 0 Å². The van der Waals surface area contributed by atoms with E-state index in [4.69, 9.17) is 10.2 Å².